The van der Waals surface area contributed by atoms with E-state index in [1.165, 1.54) is 18.1 Å². The van der Waals surface area contributed by atoms with E-state index in [2.05, 4.69) is 39.0 Å². The number of nitrogens with zero attached hydrogens (tertiary/aromatic N) is 1. The fourth-order valence-corrected chi connectivity index (χ4v) is 4.78. The molecule has 0 radical (unpaired) electrons. The van der Waals surface area contributed by atoms with Crippen LogP contribution in [0.25, 0.3) is 0 Å². The Morgan fingerprint density at radius 3 is 2.55 bits per heavy atom. The van der Waals surface area contributed by atoms with Gasteiger partial charge in [0.05, 0.1) is 12.5 Å². The van der Waals surface area contributed by atoms with E-state index in [1.807, 2.05) is 0 Å². The highest BCUT2D eigenvalue weighted by Crippen LogP contribution is 2.52. The zero-order valence-corrected chi connectivity index (χ0v) is 20.0. The summed E-state index contributed by atoms with van der Waals surface area (Å²) in [6.07, 6.45) is 12.6. The van der Waals surface area contributed by atoms with E-state index < -0.39 is 11.3 Å². The van der Waals surface area contributed by atoms with Crippen LogP contribution in [0.5, 0.6) is 0 Å². The summed E-state index contributed by atoms with van der Waals surface area (Å²) in [7, 11) is 0. The fourth-order valence-electron chi connectivity index (χ4n) is 4.78. The van der Waals surface area contributed by atoms with Crippen molar-refractivity contribution < 1.29 is 19.1 Å². The molecule has 0 aromatic rings. The average Bonchev–Trinajstić information content (AvgIpc) is 2.87. The molecule has 5 nitrogen and oxygen atoms in total. The topological polar surface area (TPSA) is 63.7 Å². The van der Waals surface area contributed by atoms with Gasteiger partial charge >= 0.3 is 5.97 Å². The van der Waals surface area contributed by atoms with Crippen molar-refractivity contribution in [2.45, 2.75) is 86.0 Å². The van der Waals surface area contributed by atoms with Crippen molar-refractivity contribution in [2.75, 3.05) is 13.2 Å². The third-order valence-corrected chi connectivity index (χ3v) is 6.36. The highest BCUT2D eigenvalue weighted by atomic mass is 16.5. The molecule has 2 rings (SSSR count). The lowest BCUT2D eigenvalue weighted by molar-refractivity contribution is -0.157. The molecule has 0 aromatic carbocycles. The largest absolute Gasteiger partial charge is 0.465 e. The van der Waals surface area contributed by atoms with Crippen molar-refractivity contribution in [1.82, 2.24) is 4.90 Å². The average molecular weight is 430 g/mol. The Hall–Kier alpha value is -2.17. The number of allylic oxidation sites excluding steroid dienone is 4. The Kier molecular flexibility index (Phi) is 9.27. The number of ketones is 1. The van der Waals surface area contributed by atoms with E-state index in [4.69, 9.17) is 4.74 Å². The van der Waals surface area contributed by atoms with Crippen LogP contribution in [0.1, 0.15) is 86.0 Å². The lowest BCUT2D eigenvalue weighted by Gasteiger charge is -2.34. The first kappa shape index (κ1) is 25.1. The number of hydrogen-bond acceptors (Lipinski definition) is 4. The van der Waals surface area contributed by atoms with Gasteiger partial charge in [-0.15, -0.1) is 0 Å². The zero-order valence-electron chi connectivity index (χ0n) is 20.0. The molecule has 2 aliphatic rings. The summed E-state index contributed by atoms with van der Waals surface area (Å²) < 4.78 is 5.50. The van der Waals surface area contributed by atoms with Gasteiger partial charge in [-0.25, -0.2) is 0 Å². The monoisotopic (exact) mass is 429 g/mol. The Bertz CT molecular complexity index is 772. The third kappa shape index (κ3) is 5.96. The van der Waals surface area contributed by atoms with Gasteiger partial charge in [0, 0.05) is 18.7 Å². The molecule has 5 heteroatoms. The van der Waals surface area contributed by atoms with Crippen LogP contribution >= 0.6 is 0 Å². The molecule has 2 atom stereocenters. The Balaban J connectivity index is 2.42. The quantitative estimate of drug-likeness (QED) is 0.358. The molecule has 1 aliphatic carbocycles. The molecule has 0 spiro atoms. The lowest BCUT2D eigenvalue weighted by Crippen LogP contribution is -2.41. The molecule has 1 amide bonds. The van der Waals surface area contributed by atoms with Crippen LogP contribution in [0.2, 0.25) is 0 Å². The number of ether oxygens (including phenoxy) is 1. The summed E-state index contributed by atoms with van der Waals surface area (Å²) in [5, 5.41) is 0. The molecule has 0 unspecified atom stereocenters. The second-order valence-electron chi connectivity index (χ2n) is 9.16. The zero-order chi connectivity index (χ0) is 23.0. The predicted octanol–water partition coefficient (Wildman–Crippen LogP) is 5.51. The number of likely N-dealkylation sites (tertiary alicyclic amines) is 1. The first-order valence-corrected chi connectivity index (χ1v) is 11.7. The summed E-state index contributed by atoms with van der Waals surface area (Å²) in [5.74, 6) is -1.22. The van der Waals surface area contributed by atoms with Crippen molar-refractivity contribution in [3.63, 3.8) is 0 Å². The normalized spacial score (nSPS) is 25.8. The smallest absolute Gasteiger partial charge is 0.318 e. The van der Waals surface area contributed by atoms with Gasteiger partial charge in [-0.2, -0.15) is 0 Å². The molecule has 1 aliphatic heterocycles. The Labute approximate surface area is 187 Å². The maximum absolute atomic E-state index is 13.5. The number of carbonyl (C=O) groups is 3. The maximum atomic E-state index is 13.5. The van der Waals surface area contributed by atoms with E-state index in [-0.39, 0.29) is 30.7 Å². The minimum absolute atomic E-state index is 0.0706. The molecule has 31 heavy (non-hydrogen) atoms. The summed E-state index contributed by atoms with van der Waals surface area (Å²) in [4.78, 5) is 40.7. The van der Waals surface area contributed by atoms with Crippen LogP contribution in [-0.4, -0.2) is 35.7 Å². The molecular formula is C26H39NO4. The van der Waals surface area contributed by atoms with Crippen LogP contribution in [0, 0.1) is 11.3 Å². The minimum Gasteiger partial charge on any atom is -0.465 e. The van der Waals surface area contributed by atoms with Crippen LogP contribution < -0.4 is 0 Å². The van der Waals surface area contributed by atoms with Crippen molar-refractivity contribution in [3.8, 4) is 0 Å². The van der Waals surface area contributed by atoms with Crippen LogP contribution in [0.4, 0.5) is 0 Å². The number of esters is 1. The number of Topliss-reactive ketones (excluding diaryl/α,β-unsaturated/α-hetero) is 1. The van der Waals surface area contributed by atoms with Crippen molar-refractivity contribution in [3.05, 3.63) is 35.1 Å². The molecule has 0 aromatic heterocycles. The molecule has 0 bridgehead atoms. The maximum Gasteiger partial charge on any atom is 0.318 e. The van der Waals surface area contributed by atoms with Crippen molar-refractivity contribution in [1.29, 1.82) is 0 Å². The molecular weight excluding hydrogens is 390 g/mol. The Morgan fingerprint density at radius 2 is 1.90 bits per heavy atom. The number of carbonyl (C=O) groups excluding carboxylic acids is 3. The summed E-state index contributed by atoms with van der Waals surface area (Å²) in [6.45, 7) is 10.2. The number of rotatable bonds is 9. The number of hydrogen-bond donors (Lipinski definition) is 0. The van der Waals surface area contributed by atoms with Crippen LogP contribution in [-0.2, 0) is 19.1 Å². The molecule has 1 fully saturated rings. The van der Waals surface area contributed by atoms with Gasteiger partial charge in [-0.1, -0.05) is 42.2 Å². The Morgan fingerprint density at radius 1 is 1.16 bits per heavy atom. The van der Waals surface area contributed by atoms with Crippen molar-refractivity contribution in [2.24, 2.45) is 11.3 Å². The first-order chi connectivity index (χ1) is 14.7. The highest BCUT2D eigenvalue weighted by molar-refractivity contribution is 5.98. The number of amides is 1. The molecule has 0 saturated carbocycles. The van der Waals surface area contributed by atoms with Gasteiger partial charge in [0.2, 0.25) is 5.91 Å². The summed E-state index contributed by atoms with van der Waals surface area (Å²) in [6, 6.07) is 0. The summed E-state index contributed by atoms with van der Waals surface area (Å²) >= 11 is 0. The first-order valence-electron chi connectivity index (χ1n) is 11.7. The molecule has 1 saturated heterocycles. The van der Waals surface area contributed by atoms with Crippen LogP contribution in [0.3, 0.4) is 0 Å². The lowest BCUT2D eigenvalue weighted by atomic mass is 9.69. The molecule has 172 valence electrons. The highest BCUT2D eigenvalue weighted by Gasteiger charge is 2.60. The van der Waals surface area contributed by atoms with E-state index in [0.717, 1.165) is 44.2 Å². The van der Waals surface area contributed by atoms with Gasteiger partial charge in [0.25, 0.3) is 0 Å². The van der Waals surface area contributed by atoms with E-state index >= 15 is 0 Å². The fraction of sp³-hybridized carbons (Fsp3) is 0.654. The van der Waals surface area contributed by atoms with E-state index in [0.29, 0.717) is 13.0 Å². The summed E-state index contributed by atoms with van der Waals surface area (Å²) in [5.41, 5.74) is 2.24. The SMILES string of the molecule is CCOC(=O)[C@@]12CCCCC/C=C\1N(C/C=C(\C)CCC=C(C)C)C(=O)[C@H]2CC(C)=O. The second kappa shape index (κ2) is 11.4. The third-order valence-electron chi connectivity index (χ3n) is 6.36. The minimum atomic E-state index is -1.04. The van der Waals surface area contributed by atoms with Gasteiger partial charge in [-0.3, -0.25) is 9.59 Å². The van der Waals surface area contributed by atoms with Crippen LogP contribution in [0.15, 0.2) is 35.1 Å². The van der Waals surface area contributed by atoms with Crippen molar-refractivity contribution >= 4 is 17.7 Å². The van der Waals surface area contributed by atoms with E-state index in [1.54, 1.807) is 11.8 Å². The van der Waals surface area contributed by atoms with Gasteiger partial charge in [-0.05, 0) is 66.7 Å². The van der Waals surface area contributed by atoms with E-state index in [9.17, 15) is 14.4 Å². The molecule has 1 heterocycles. The number of fused-ring (bicyclic) bond motifs is 1. The molecule has 0 N–H and O–H groups in total. The van der Waals surface area contributed by atoms with Gasteiger partial charge in [0.1, 0.15) is 11.2 Å². The second-order valence-corrected chi connectivity index (χ2v) is 9.16. The van der Waals surface area contributed by atoms with Gasteiger partial charge < -0.3 is 14.4 Å². The predicted molar refractivity (Wildman–Crippen MR) is 123 cm³/mol. The van der Waals surface area contributed by atoms with Gasteiger partial charge in [0.15, 0.2) is 0 Å². The standard InChI is InChI=1S/C26H39NO4/c1-6-31-25(30)26-16-10-8-7-9-14-23(26)27(24(29)22(26)18-21(5)28)17-15-20(4)13-11-12-19(2)3/h12,14-15,22H,6-11,13,16-18H2,1-5H3/b20-15+,23-14+/t22-,26-/m1/s1.